The third-order valence-corrected chi connectivity index (χ3v) is 6.88. The first kappa shape index (κ1) is 19.8. The van der Waals surface area contributed by atoms with E-state index in [0.717, 1.165) is 25.8 Å². The van der Waals surface area contributed by atoms with Crippen LogP contribution in [0.4, 0.5) is 9.59 Å². The van der Waals surface area contributed by atoms with E-state index in [-0.39, 0.29) is 23.4 Å². The van der Waals surface area contributed by atoms with Gasteiger partial charge in [0.05, 0.1) is 5.41 Å². The van der Waals surface area contributed by atoms with E-state index in [1.54, 1.807) is 38.0 Å². The van der Waals surface area contributed by atoms with Crippen LogP contribution in [0.1, 0.15) is 26.2 Å². The van der Waals surface area contributed by atoms with Crippen molar-refractivity contribution < 1.29 is 14.4 Å². The van der Waals surface area contributed by atoms with E-state index in [0.29, 0.717) is 32.7 Å². The van der Waals surface area contributed by atoms with Crippen molar-refractivity contribution in [2.24, 2.45) is 10.8 Å². The molecule has 3 rings (SSSR count). The van der Waals surface area contributed by atoms with Crippen molar-refractivity contribution in [3.63, 3.8) is 0 Å². The van der Waals surface area contributed by atoms with Crippen LogP contribution in [-0.4, -0.2) is 110 Å². The summed E-state index contributed by atoms with van der Waals surface area (Å²) in [6.45, 7) is 5.88. The van der Waals surface area contributed by atoms with E-state index in [9.17, 15) is 14.4 Å². The van der Waals surface area contributed by atoms with Crippen molar-refractivity contribution in [1.82, 2.24) is 24.5 Å². The van der Waals surface area contributed by atoms with Gasteiger partial charge in [-0.2, -0.15) is 0 Å². The third-order valence-electron chi connectivity index (χ3n) is 6.88. The number of amides is 5. The Balaban J connectivity index is 1.88. The molecule has 3 aliphatic rings. The van der Waals surface area contributed by atoms with E-state index in [2.05, 4.69) is 0 Å². The summed E-state index contributed by atoms with van der Waals surface area (Å²) in [5.41, 5.74) is -0.731. The van der Waals surface area contributed by atoms with Crippen molar-refractivity contribution in [3.8, 4) is 0 Å². The molecule has 3 saturated heterocycles. The number of likely N-dealkylation sites (tertiary alicyclic amines) is 3. The summed E-state index contributed by atoms with van der Waals surface area (Å²) in [6.07, 6.45) is 2.35. The van der Waals surface area contributed by atoms with Gasteiger partial charge >= 0.3 is 12.1 Å². The quantitative estimate of drug-likeness (QED) is 0.682. The fourth-order valence-electron chi connectivity index (χ4n) is 5.31. The smallest absolute Gasteiger partial charge is 0.319 e. The number of fused-ring (bicyclic) bond motifs is 1. The largest absolute Gasteiger partial charge is 0.342 e. The lowest BCUT2D eigenvalue weighted by atomic mass is 9.60. The molecule has 0 bridgehead atoms. The van der Waals surface area contributed by atoms with Gasteiger partial charge in [-0.05, 0) is 26.2 Å². The molecule has 0 aromatic rings. The summed E-state index contributed by atoms with van der Waals surface area (Å²) in [6, 6.07) is -0.00755. The molecule has 0 aromatic heterocycles. The summed E-state index contributed by atoms with van der Waals surface area (Å²) in [7, 11) is 7.04. The van der Waals surface area contributed by atoms with Gasteiger partial charge in [0.1, 0.15) is 0 Å². The highest BCUT2D eigenvalue weighted by molar-refractivity contribution is 5.88. The fourth-order valence-corrected chi connectivity index (χ4v) is 5.31. The van der Waals surface area contributed by atoms with Crippen LogP contribution in [0.25, 0.3) is 0 Å². The Morgan fingerprint density at radius 3 is 1.93 bits per heavy atom. The topological polar surface area (TPSA) is 67.4 Å². The second kappa shape index (κ2) is 6.87. The zero-order valence-electron chi connectivity index (χ0n) is 17.3. The number of carbonyl (C=O) groups excluding carboxylic acids is 3. The van der Waals surface area contributed by atoms with Crippen molar-refractivity contribution in [2.45, 2.75) is 26.2 Å². The van der Waals surface area contributed by atoms with Gasteiger partial charge in [-0.1, -0.05) is 0 Å². The molecule has 3 aliphatic heterocycles. The molecule has 3 fully saturated rings. The molecule has 0 saturated carbocycles. The predicted octanol–water partition coefficient (Wildman–Crippen LogP) is 0.986. The minimum atomic E-state index is -0.498. The molecule has 1 atom stereocenters. The highest BCUT2D eigenvalue weighted by atomic mass is 16.2. The van der Waals surface area contributed by atoms with Crippen LogP contribution in [-0.2, 0) is 4.79 Å². The zero-order chi connectivity index (χ0) is 20.0. The Kier molecular flexibility index (Phi) is 5.03. The van der Waals surface area contributed by atoms with Crippen LogP contribution >= 0.6 is 0 Å². The highest BCUT2D eigenvalue weighted by Crippen LogP contribution is 2.57. The first-order chi connectivity index (χ1) is 12.7. The number of carbonyl (C=O) groups is 3. The Morgan fingerprint density at radius 1 is 0.889 bits per heavy atom. The minimum Gasteiger partial charge on any atom is -0.342 e. The molecule has 0 radical (unpaired) electrons. The molecule has 8 heteroatoms. The maximum atomic E-state index is 13.4. The van der Waals surface area contributed by atoms with Crippen molar-refractivity contribution in [3.05, 3.63) is 0 Å². The van der Waals surface area contributed by atoms with Crippen molar-refractivity contribution in [1.29, 1.82) is 0 Å². The maximum Gasteiger partial charge on any atom is 0.319 e. The Hall–Kier alpha value is -1.99. The van der Waals surface area contributed by atoms with Crippen LogP contribution in [0.3, 0.4) is 0 Å². The number of hydrogen-bond donors (Lipinski definition) is 0. The third kappa shape index (κ3) is 2.93. The van der Waals surface area contributed by atoms with Gasteiger partial charge in [0.25, 0.3) is 0 Å². The van der Waals surface area contributed by atoms with Crippen LogP contribution in [0.2, 0.25) is 0 Å². The number of piperidine rings is 1. The van der Waals surface area contributed by atoms with Gasteiger partial charge in [0.2, 0.25) is 5.91 Å². The van der Waals surface area contributed by atoms with Gasteiger partial charge in [-0.25, -0.2) is 9.59 Å². The fraction of sp³-hybridized carbons (Fsp3) is 0.842. The van der Waals surface area contributed by atoms with Crippen molar-refractivity contribution >= 4 is 18.0 Å². The molecule has 2 spiro atoms. The summed E-state index contributed by atoms with van der Waals surface area (Å²) in [5, 5.41) is 0. The highest BCUT2D eigenvalue weighted by Gasteiger charge is 2.66. The van der Waals surface area contributed by atoms with E-state index in [1.165, 1.54) is 0 Å². The molecule has 8 nitrogen and oxygen atoms in total. The SMILES string of the molecule is CCN1CC[C@]2(CN(C(=O)N(C)C)CC23CCN(C(=O)N(C)C)CC3)C1=O. The summed E-state index contributed by atoms with van der Waals surface area (Å²) in [5.74, 6) is 0.200. The van der Waals surface area contributed by atoms with E-state index < -0.39 is 5.41 Å². The first-order valence-electron chi connectivity index (χ1n) is 9.89. The molecule has 27 heavy (non-hydrogen) atoms. The second-order valence-corrected chi connectivity index (χ2v) is 8.69. The first-order valence-corrected chi connectivity index (χ1v) is 9.89. The van der Waals surface area contributed by atoms with Gasteiger partial charge in [-0.15, -0.1) is 0 Å². The average Bonchev–Trinajstić information content (AvgIpc) is 3.13. The number of hydrogen-bond acceptors (Lipinski definition) is 3. The standard InChI is InChI=1S/C19H33N5O3/c1-6-22-12-9-19(15(22)25)14-24(17(27)21(4)5)13-18(19)7-10-23(11-8-18)16(26)20(2)3/h6-14H2,1-5H3/t19-/m0/s1. The monoisotopic (exact) mass is 379 g/mol. The molecule has 0 N–H and O–H groups in total. The number of nitrogens with zero attached hydrogens (tertiary/aromatic N) is 5. The predicted molar refractivity (Wildman–Crippen MR) is 102 cm³/mol. The van der Waals surface area contributed by atoms with Gasteiger partial charge < -0.3 is 24.5 Å². The average molecular weight is 380 g/mol. The van der Waals surface area contributed by atoms with E-state index >= 15 is 0 Å². The molecular weight excluding hydrogens is 346 g/mol. The number of rotatable bonds is 1. The maximum absolute atomic E-state index is 13.4. The van der Waals surface area contributed by atoms with Crippen LogP contribution < -0.4 is 0 Å². The second-order valence-electron chi connectivity index (χ2n) is 8.69. The van der Waals surface area contributed by atoms with Crippen LogP contribution in [0, 0.1) is 10.8 Å². The number of urea groups is 2. The minimum absolute atomic E-state index is 0.0195. The Bertz CT molecular complexity index is 627. The molecule has 5 amide bonds. The van der Waals surface area contributed by atoms with Gasteiger partial charge in [0, 0.05) is 72.9 Å². The van der Waals surface area contributed by atoms with Gasteiger partial charge in [0.15, 0.2) is 0 Å². The lowest BCUT2D eigenvalue weighted by Crippen LogP contribution is -2.54. The molecule has 0 aliphatic carbocycles. The molecule has 3 heterocycles. The normalized spacial score (nSPS) is 27.0. The zero-order valence-corrected chi connectivity index (χ0v) is 17.3. The lowest BCUT2D eigenvalue weighted by molar-refractivity contribution is -0.141. The Labute approximate surface area is 162 Å². The van der Waals surface area contributed by atoms with Gasteiger partial charge in [-0.3, -0.25) is 4.79 Å². The molecular formula is C19H33N5O3. The molecule has 152 valence electrons. The summed E-state index contributed by atoms with van der Waals surface area (Å²) in [4.78, 5) is 47.3. The van der Waals surface area contributed by atoms with E-state index in [4.69, 9.17) is 0 Å². The Morgan fingerprint density at radius 2 is 1.44 bits per heavy atom. The molecule has 0 unspecified atom stereocenters. The summed E-state index contributed by atoms with van der Waals surface area (Å²) >= 11 is 0. The van der Waals surface area contributed by atoms with Crippen LogP contribution in [0.5, 0.6) is 0 Å². The summed E-state index contributed by atoms with van der Waals surface area (Å²) < 4.78 is 0. The van der Waals surface area contributed by atoms with Crippen LogP contribution in [0.15, 0.2) is 0 Å². The van der Waals surface area contributed by atoms with Crippen molar-refractivity contribution in [2.75, 3.05) is 67.5 Å². The lowest BCUT2D eigenvalue weighted by Gasteiger charge is -2.47. The van der Waals surface area contributed by atoms with E-state index in [1.807, 2.05) is 21.6 Å². The molecule has 0 aromatic carbocycles.